The highest BCUT2D eigenvalue weighted by molar-refractivity contribution is 5.74. The summed E-state index contributed by atoms with van der Waals surface area (Å²) in [6.07, 6.45) is 5.23. The van der Waals surface area contributed by atoms with Crippen LogP contribution in [0.15, 0.2) is 42.6 Å². The summed E-state index contributed by atoms with van der Waals surface area (Å²) in [5, 5.41) is 3.13. The first kappa shape index (κ1) is 20.3. The van der Waals surface area contributed by atoms with Gasteiger partial charge in [0.15, 0.2) is 0 Å². The van der Waals surface area contributed by atoms with Gasteiger partial charge in [-0.05, 0) is 62.0 Å². The van der Waals surface area contributed by atoms with Crippen LogP contribution in [0.3, 0.4) is 0 Å². The van der Waals surface area contributed by atoms with Crippen LogP contribution >= 0.6 is 0 Å². The van der Waals surface area contributed by atoms with Crippen molar-refractivity contribution in [2.24, 2.45) is 0 Å². The Morgan fingerprint density at radius 1 is 1.18 bits per heavy atom. The lowest BCUT2D eigenvalue weighted by molar-refractivity contribution is 0.201. The summed E-state index contributed by atoms with van der Waals surface area (Å²) in [5.74, 6) is 0. The van der Waals surface area contributed by atoms with Gasteiger partial charge in [-0.25, -0.2) is 4.79 Å². The van der Waals surface area contributed by atoms with Crippen LogP contribution in [0, 0.1) is 6.92 Å². The Morgan fingerprint density at radius 2 is 1.89 bits per heavy atom. The summed E-state index contributed by atoms with van der Waals surface area (Å²) >= 11 is 0. The fraction of sp³-hybridized carbons (Fsp3) is 0.478. The van der Waals surface area contributed by atoms with Gasteiger partial charge >= 0.3 is 6.03 Å². The molecule has 5 heteroatoms. The molecule has 1 aliphatic rings. The Labute approximate surface area is 168 Å². The molecule has 0 aliphatic carbocycles. The van der Waals surface area contributed by atoms with Gasteiger partial charge in [-0.1, -0.05) is 37.3 Å². The van der Waals surface area contributed by atoms with Gasteiger partial charge < -0.3 is 10.2 Å². The molecule has 3 rings (SSSR count). The van der Waals surface area contributed by atoms with Crippen molar-refractivity contribution in [2.45, 2.75) is 52.2 Å². The van der Waals surface area contributed by atoms with Crippen LogP contribution in [-0.2, 0) is 13.1 Å². The molecule has 1 atom stereocenters. The molecule has 0 radical (unpaired) electrons. The maximum atomic E-state index is 12.8. The summed E-state index contributed by atoms with van der Waals surface area (Å²) in [5.41, 5.74) is 4.56. The highest BCUT2D eigenvalue weighted by Crippen LogP contribution is 2.18. The molecule has 0 saturated carbocycles. The number of likely N-dealkylation sites (tertiary alicyclic amines) is 1. The lowest BCUT2D eigenvalue weighted by atomic mass is 10.1. The SMILES string of the molecule is CCC(NC(=O)N(C)Cc1ccccc1CN1CCCC1)c1ccc(C)cn1. The van der Waals surface area contributed by atoms with E-state index in [-0.39, 0.29) is 12.1 Å². The molecule has 2 aromatic rings. The normalized spacial score (nSPS) is 15.4. The smallest absolute Gasteiger partial charge is 0.317 e. The van der Waals surface area contributed by atoms with Crippen LogP contribution in [-0.4, -0.2) is 41.0 Å². The monoisotopic (exact) mass is 380 g/mol. The largest absolute Gasteiger partial charge is 0.330 e. The summed E-state index contributed by atoms with van der Waals surface area (Å²) in [6.45, 7) is 8.00. The first-order valence-corrected chi connectivity index (χ1v) is 10.3. The van der Waals surface area contributed by atoms with E-state index in [4.69, 9.17) is 0 Å². The van der Waals surface area contributed by atoms with Gasteiger partial charge in [0.25, 0.3) is 0 Å². The third-order valence-electron chi connectivity index (χ3n) is 5.46. The van der Waals surface area contributed by atoms with E-state index in [0.29, 0.717) is 6.54 Å². The van der Waals surface area contributed by atoms with Crippen molar-refractivity contribution in [3.05, 3.63) is 65.0 Å². The van der Waals surface area contributed by atoms with Gasteiger partial charge in [-0.3, -0.25) is 9.88 Å². The van der Waals surface area contributed by atoms with E-state index in [1.807, 2.05) is 32.3 Å². The minimum Gasteiger partial charge on any atom is -0.330 e. The molecule has 1 saturated heterocycles. The lowest BCUT2D eigenvalue weighted by Crippen LogP contribution is -2.39. The van der Waals surface area contributed by atoms with E-state index in [1.165, 1.54) is 37.1 Å². The number of nitrogens with zero attached hydrogens (tertiary/aromatic N) is 3. The zero-order chi connectivity index (χ0) is 19.9. The molecule has 1 aromatic heterocycles. The minimum absolute atomic E-state index is 0.0646. The molecule has 150 valence electrons. The summed E-state index contributed by atoms with van der Waals surface area (Å²) in [7, 11) is 1.86. The number of amides is 2. The third kappa shape index (κ3) is 5.32. The summed E-state index contributed by atoms with van der Waals surface area (Å²) < 4.78 is 0. The number of carbonyl (C=O) groups is 1. The number of pyridine rings is 1. The Kier molecular flexibility index (Phi) is 7.04. The van der Waals surface area contributed by atoms with Crippen molar-refractivity contribution in [3.63, 3.8) is 0 Å². The van der Waals surface area contributed by atoms with E-state index in [1.54, 1.807) is 4.90 Å². The lowest BCUT2D eigenvalue weighted by Gasteiger charge is -2.24. The zero-order valence-corrected chi connectivity index (χ0v) is 17.3. The second kappa shape index (κ2) is 9.69. The highest BCUT2D eigenvalue weighted by atomic mass is 16.2. The van der Waals surface area contributed by atoms with Crippen LogP contribution in [0.25, 0.3) is 0 Å². The van der Waals surface area contributed by atoms with E-state index in [9.17, 15) is 4.79 Å². The average molecular weight is 381 g/mol. The molecule has 0 bridgehead atoms. The molecule has 1 fully saturated rings. The van der Waals surface area contributed by atoms with Gasteiger partial charge in [0.1, 0.15) is 0 Å². The quantitative estimate of drug-likeness (QED) is 0.780. The number of nitrogens with one attached hydrogen (secondary N) is 1. The number of aromatic nitrogens is 1. The summed E-state index contributed by atoms with van der Waals surface area (Å²) in [4.78, 5) is 21.5. The van der Waals surface area contributed by atoms with Gasteiger partial charge in [0, 0.05) is 26.3 Å². The maximum Gasteiger partial charge on any atom is 0.317 e. The van der Waals surface area contributed by atoms with E-state index >= 15 is 0 Å². The Morgan fingerprint density at radius 3 is 2.54 bits per heavy atom. The van der Waals surface area contributed by atoms with Crippen molar-refractivity contribution >= 4 is 6.03 Å². The minimum atomic E-state index is -0.0737. The first-order valence-electron chi connectivity index (χ1n) is 10.3. The predicted octanol–water partition coefficient (Wildman–Crippen LogP) is 4.28. The van der Waals surface area contributed by atoms with E-state index in [0.717, 1.165) is 24.2 Å². The molecule has 2 amide bonds. The zero-order valence-electron chi connectivity index (χ0n) is 17.3. The predicted molar refractivity (Wildman–Crippen MR) is 113 cm³/mol. The summed E-state index contributed by atoms with van der Waals surface area (Å²) in [6, 6.07) is 12.4. The van der Waals surface area contributed by atoms with Crippen molar-refractivity contribution < 1.29 is 4.79 Å². The van der Waals surface area contributed by atoms with Crippen LogP contribution in [0.1, 0.15) is 54.6 Å². The Bertz CT molecular complexity index is 768. The molecule has 1 aliphatic heterocycles. The third-order valence-corrected chi connectivity index (χ3v) is 5.46. The topological polar surface area (TPSA) is 48.5 Å². The van der Waals surface area contributed by atoms with Crippen LogP contribution in [0.5, 0.6) is 0 Å². The number of hydrogen-bond acceptors (Lipinski definition) is 3. The fourth-order valence-corrected chi connectivity index (χ4v) is 3.70. The van der Waals surface area contributed by atoms with Crippen LogP contribution < -0.4 is 5.32 Å². The fourth-order valence-electron chi connectivity index (χ4n) is 3.70. The molecule has 2 heterocycles. The number of aryl methyl sites for hydroxylation is 1. The highest BCUT2D eigenvalue weighted by Gasteiger charge is 2.19. The molecule has 5 nitrogen and oxygen atoms in total. The standard InChI is InChI=1S/C23H32N4O/c1-4-21(22-12-11-18(2)15-24-22)25-23(28)26(3)16-19-9-5-6-10-20(19)17-27-13-7-8-14-27/h5-6,9-12,15,21H,4,7-8,13-14,16-17H2,1-3H3,(H,25,28). The Balaban J connectivity index is 1.62. The Hall–Kier alpha value is -2.40. The molecular weight excluding hydrogens is 348 g/mol. The van der Waals surface area contributed by atoms with Crippen molar-refractivity contribution in [3.8, 4) is 0 Å². The molecular formula is C23H32N4O. The van der Waals surface area contributed by atoms with Gasteiger partial charge in [0.05, 0.1) is 11.7 Å². The number of rotatable bonds is 7. The second-order valence-corrected chi connectivity index (χ2v) is 7.78. The second-order valence-electron chi connectivity index (χ2n) is 7.78. The van der Waals surface area contributed by atoms with E-state index < -0.39 is 0 Å². The molecule has 28 heavy (non-hydrogen) atoms. The number of benzene rings is 1. The average Bonchev–Trinajstić information content (AvgIpc) is 3.21. The van der Waals surface area contributed by atoms with Gasteiger partial charge in [0.2, 0.25) is 0 Å². The number of hydrogen-bond donors (Lipinski definition) is 1. The molecule has 1 N–H and O–H groups in total. The molecule has 1 unspecified atom stereocenters. The van der Waals surface area contributed by atoms with Gasteiger partial charge in [-0.15, -0.1) is 0 Å². The van der Waals surface area contributed by atoms with Crippen LogP contribution in [0.4, 0.5) is 4.79 Å². The molecule has 0 spiro atoms. The van der Waals surface area contributed by atoms with Crippen molar-refractivity contribution in [1.29, 1.82) is 0 Å². The number of urea groups is 1. The van der Waals surface area contributed by atoms with Gasteiger partial charge in [-0.2, -0.15) is 0 Å². The van der Waals surface area contributed by atoms with Crippen molar-refractivity contribution in [1.82, 2.24) is 20.1 Å². The van der Waals surface area contributed by atoms with E-state index in [2.05, 4.69) is 46.4 Å². The maximum absolute atomic E-state index is 12.8. The van der Waals surface area contributed by atoms with Crippen LogP contribution in [0.2, 0.25) is 0 Å². The first-order chi connectivity index (χ1) is 13.6. The van der Waals surface area contributed by atoms with Crippen molar-refractivity contribution in [2.75, 3.05) is 20.1 Å². The molecule has 1 aromatic carbocycles. The number of carbonyl (C=O) groups excluding carboxylic acids is 1.